The third kappa shape index (κ3) is 5.27. The largest absolute Gasteiger partial charge is 0.461 e. The van der Waals surface area contributed by atoms with Crippen LogP contribution in [0.5, 0.6) is 0 Å². The Kier molecular flexibility index (Phi) is 6.60. The average Bonchev–Trinajstić information content (AvgIpc) is 3.13. The smallest absolute Gasteiger partial charge is 0.354 e. The molecule has 2 aromatic heterocycles. The number of hydrogen-bond donors (Lipinski definition) is 2. The number of carbonyl (C=O) groups is 1. The highest BCUT2D eigenvalue weighted by molar-refractivity contribution is 6.33. The number of halogens is 2. The van der Waals surface area contributed by atoms with Gasteiger partial charge in [-0.1, -0.05) is 35.3 Å². The van der Waals surface area contributed by atoms with E-state index >= 15 is 0 Å². The lowest BCUT2D eigenvalue weighted by atomic mass is 10.1. The number of nitrogens with one attached hydrogen (secondary N) is 2. The van der Waals surface area contributed by atoms with Gasteiger partial charge in [0.15, 0.2) is 0 Å². The SMILES string of the molecule is CC(C)Nc1cc(-c2c[nH]c(C(=O)OCCc3cccc(Cl)c3)c2)c(Cl)cn1. The monoisotopic (exact) mass is 417 g/mol. The number of nitrogens with zero attached hydrogens (tertiary/aromatic N) is 1. The first-order chi connectivity index (χ1) is 13.4. The summed E-state index contributed by atoms with van der Waals surface area (Å²) in [5.74, 6) is 0.306. The van der Waals surface area contributed by atoms with E-state index in [9.17, 15) is 4.79 Å². The molecule has 0 atom stereocenters. The van der Waals surface area contributed by atoms with Gasteiger partial charge in [-0.2, -0.15) is 0 Å². The van der Waals surface area contributed by atoms with Crippen molar-refractivity contribution in [2.75, 3.05) is 11.9 Å². The molecule has 0 spiro atoms. The second-order valence-electron chi connectivity index (χ2n) is 6.67. The van der Waals surface area contributed by atoms with Crippen LogP contribution in [0.1, 0.15) is 29.9 Å². The fraction of sp³-hybridized carbons (Fsp3) is 0.238. The molecule has 1 aromatic carbocycles. The minimum Gasteiger partial charge on any atom is -0.461 e. The molecular weight excluding hydrogens is 397 g/mol. The molecular formula is C21H21Cl2N3O2. The van der Waals surface area contributed by atoms with Gasteiger partial charge in [-0.3, -0.25) is 0 Å². The van der Waals surface area contributed by atoms with Crippen molar-refractivity contribution >= 4 is 35.0 Å². The summed E-state index contributed by atoms with van der Waals surface area (Å²) >= 11 is 12.3. The summed E-state index contributed by atoms with van der Waals surface area (Å²) in [6, 6.07) is 11.3. The number of aromatic nitrogens is 2. The fourth-order valence-electron chi connectivity index (χ4n) is 2.73. The lowest BCUT2D eigenvalue weighted by Crippen LogP contribution is -2.10. The van der Waals surface area contributed by atoms with Gasteiger partial charge in [0.25, 0.3) is 0 Å². The number of hydrogen-bond acceptors (Lipinski definition) is 4. The molecule has 0 unspecified atom stereocenters. The van der Waals surface area contributed by atoms with Crippen LogP contribution in [0.2, 0.25) is 10.0 Å². The zero-order valence-electron chi connectivity index (χ0n) is 15.6. The van der Waals surface area contributed by atoms with Crippen LogP contribution in [0.25, 0.3) is 11.1 Å². The average molecular weight is 418 g/mol. The van der Waals surface area contributed by atoms with E-state index in [1.165, 1.54) is 0 Å². The maximum absolute atomic E-state index is 12.3. The Morgan fingerprint density at radius 3 is 2.82 bits per heavy atom. The molecule has 28 heavy (non-hydrogen) atoms. The van der Waals surface area contributed by atoms with E-state index in [0.29, 0.717) is 22.2 Å². The van der Waals surface area contributed by atoms with Gasteiger partial charge in [-0.05, 0) is 43.7 Å². The Bertz CT molecular complexity index is 970. The van der Waals surface area contributed by atoms with E-state index in [2.05, 4.69) is 15.3 Å². The van der Waals surface area contributed by atoms with E-state index in [1.807, 2.05) is 44.2 Å². The Balaban J connectivity index is 1.65. The molecule has 3 aromatic rings. The number of ether oxygens (including phenoxy) is 1. The van der Waals surface area contributed by atoms with Crippen LogP contribution in [-0.4, -0.2) is 28.6 Å². The highest BCUT2D eigenvalue weighted by Crippen LogP contribution is 2.30. The molecule has 146 valence electrons. The Labute approximate surface area is 174 Å². The van der Waals surface area contributed by atoms with Crippen molar-refractivity contribution in [3.63, 3.8) is 0 Å². The number of carbonyl (C=O) groups excluding carboxylic acids is 1. The first kappa shape index (κ1) is 20.2. The molecule has 0 aliphatic rings. The molecule has 0 aliphatic heterocycles. The standard InChI is InChI=1S/C21H21Cl2N3O2/c1-13(2)26-20-10-17(18(23)12-25-20)15-9-19(24-11-15)21(27)28-7-6-14-4-3-5-16(22)8-14/h3-5,8-13,24H,6-7H2,1-2H3,(H,25,26). The number of pyridine rings is 1. The van der Waals surface area contributed by atoms with Crippen molar-refractivity contribution in [1.29, 1.82) is 0 Å². The maximum Gasteiger partial charge on any atom is 0.354 e. The topological polar surface area (TPSA) is 67.0 Å². The van der Waals surface area contributed by atoms with Crippen LogP contribution in [-0.2, 0) is 11.2 Å². The number of esters is 1. The number of benzene rings is 1. The van der Waals surface area contributed by atoms with Crippen molar-refractivity contribution in [2.45, 2.75) is 26.3 Å². The van der Waals surface area contributed by atoms with Crippen LogP contribution >= 0.6 is 23.2 Å². The molecule has 7 heteroatoms. The van der Waals surface area contributed by atoms with Gasteiger partial charge in [-0.15, -0.1) is 0 Å². The Hall–Kier alpha value is -2.50. The van der Waals surface area contributed by atoms with Gasteiger partial charge >= 0.3 is 5.97 Å². The molecule has 0 aliphatic carbocycles. The molecule has 0 fully saturated rings. The van der Waals surface area contributed by atoms with Crippen molar-refractivity contribution < 1.29 is 9.53 Å². The van der Waals surface area contributed by atoms with E-state index in [1.54, 1.807) is 18.5 Å². The minimum atomic E-state index is -0.418. The molecule has 0 amide bonds. The zero-order valence-corrected chi connectivity index (χ0v) is 17.1. The van der Waals surface area contributed by atoms with E-state index in [-0.39, 0.29) is 12.6 Å². The second-order valence-corrected chi connectivity index (χ2v) is 7.51. The molecule has 2 N–H and O–H groups in total. The summed E-state index contributed by atoms with van der Waals surface area (Å²) in [5.41, 5.74) is 2.96. The van der Waals surface area contributed by atoms with Gasteiger partial charge in [0, 0.05) is 41.0 Å². The van der Waals surface area contributed by atoms with Crippen molar-refractivity contribution in [3.8, 4) is 11.1 Å². The van der Waals surface area contributed by atoms with E-state index < -0.39 is 5.97 Å². The van der Waals surface area contributed by atoms with E-state index in [4.69, 9.17) is 27.9 Å². The zero-order chi connectivity index (χ0) is 20.1. The molecule has 0 radical (unpaired) electrons. The van der Waals surface area contributed by atoms with Crippen LogP contribution in [0.3, 0.4) is 0 Å². The van der Waals surface area contributed by atoms with Crippen LogP contribution in [0, 0.1) is 0 Å². The Morgan fingerprint density at radius 2 is 2.07 bits per heavy atom. The van der Waals surface area contributed by atoms with Gasteiger partial charge in [0.05, 0.1) is 11.6 Å². The predicted octanol–water partition coefficient (Wildman–Crippen LogP) is 5.60. The number of anilines is 1. The van der Waals surface area contributed by atoms with Crippen molar-refractivity contribution in [2.24, 2.45) is 0 Å². The first-order valence-electron chi connectivity index (χ1n) is 8.95. The molecule has 0 bridgehead atoms. The third-order valence-corrected chi connectivity index (χ3v) is 4.56. The third-order valence-electron chi connectivity index (χ3n) is 4.02. The number of aromatic amines is 1. The second kappa shape index (κ2) is 9.13. The Morgan fingerprint density at radius 1 is 1.25 bits per heavy atom. The molecule has 0 saturated heterocycles. The summed E-state index contributed by atoms with van der Waals surface area (Å²) in [6.45, 7) is 4.33. The van der Waals surface area contributed by atoms with Gasteiger partial charge in [-0.25, -0.2) is 9.78 Å². The quantitative estimate of drug-likeness (QED) is 0.490. The molecule has 2 heterocycles. The van der Waals surface area contributed by atoms with Crippen molar-refractivity contribution in [3.05, 3.63) is 70.1 Å². The molecule has 0 saturated carbocycles. The summed E-state index contributed by atoms with van der Waals surface area (Å²) in [4.78, 5) is 19.5. The van der Waals surface area contributed by atoms with Gasteiger partial charge in [0.1, 0.15) is 11.5 Å². The first-order valence-corrected chi connectivity index (χ1v) is 9.70. The summed E-state index contributed by atoms with van der Waals surface area (Å²) in [6.07, 6.45) is 3.92. The maximum atomic E-state index is 12.3. The van der Waals surface area contributed by atoms with E-state index in [0.717, 1.165) is 22.5 Å². The summed E-state index contributed by atoms with van der Waals surface area (Å²) in [5, 5.41) is 4.41. The van der Waals surface area contributed by atoms with Gasteiger partial charge in [0.2, 0.25) is 0 Å². The lowest BCUT2D eigenvalue weighted by Gasteiger charge is -2.10. The molecule has 5 nitrogen and oxygen atoms in total. The van der Waals surface area contributed by atoms with Gasteiger partial charge < -0.3 is 15.0 Å². The van der Waals surface area contributed by atoms with Crippen LogP contribution in [0.15, 0.2) is 48.8 Å². The normalized spacial score (nSPS) is 10.9. The highest BCUT2D eigenvalue weighted by Gasteiger charge is 2.14. The van der Waals surface area contributed by atoms with Crippen LogP contribution in [0.4, 0.5) is 5.82 Å². The minimum absolute atomic E-state index is 0.248. The fourth-order valence-corrected chi connectivity index (χ4v) is 3.16. The number of rotatable bonds is 7. The lowest BCUT2D eigenvalue weighted by molar-refractivity contribution is 0.0503. The predicted molar refractivity (Wildman–Crippen MR) is 113 cm³/mol. The molecule has 3 rings (SSSR count). The summed E-state index contributed by atoms with van der Waals surface area (Å²) < 4.78 is 5.36. The number of H-pyrrole nitrogens is 1. The van der Waals surface area contributed by atoms with Crippen LogP contribution < -0.4 is 5.32 Å². The highest BCUT2D eigenvalue weighted by atomic mass is 35.5. The van der Waals surface area contributed by atoms with Crippen molar-refractivity contribution in [1.82, 2.24) is 9.97 Å². The summed E-state index contributed by atoms with van der Waals surface area (Å²) in [7, 11) is 0.